The highest BCUT2D eigenvalue weighted by atomic mass is 16.5. The van der Waals surface area contributed by atoms with Crippen molar-refractivity contribution in [3.8, 4) is 0 Å². The van der Waals surface area contributed by atoms with Crippen LogP contribution in [0, 0.1) is 23.2 Å². The van der Waals surface area contributed by atoms with E-state index in [9.17, 15) is 9.59 Å². The fourth-order valence-electron chi connectivity index (χ4n) is 2.78. The van der Waals surface area contributed by atoms with E-state index >= 15 is 0 Å². The molecule has 3 heteroatoms. The van der Waals surface area contributed by atoms with Crippen LogP contribution >= 0.6 is 0 Å². The van der Waals surface area contributed by atoms with Gasteiger partial charge in [-0.25, -0.2) is 0 Å². The molecule has 3 atom stereocenters. The smallest absolute Gasteiger partial charge is 0.306 e. The molecule has 1 saturated carbocycles. The minimum absolute atomic E-state index is 0.0225. The zero-order chi connectivity index (χ0) is 15.6. The normalized spacial score (nSPS) is 24.5. The lowest BCUT2D eigenvalue weighted by molar-refractivity contribution is -0.145. The largest absolute Gasteiger partial charge is 0.461 e. The number of carbonyl (C=O) groups is 2. The van der Waals surface area contributed by atoms with Crippen molar-refractivity contribution in [1.82, 2.24) is 0 Å². The number of benzene rings is 1. The van der Waals surface area contributed by atoms with Crippen LogP contribution in [0.3, 0.4) is 0 Å². The Balaban J connectivity index is 1.80. The van der Waals surface area contributed by atoms with Crippen molar-refractivity contribution in [2.45, 2.75) is 40.7 Å². The Morgan fingerprint density at radius 1 is 1.14 bits per heavy atom. The number of hydrogen-bond donors (Lipinski definition) is 0. The Morgan fingerprint density at radius 2 is 1.76 bits per heavy atom. The number of ketones is 1. The topological polar surface area (TPSA) is 43.4 Å². The van der Waals surface area contributed by atoms with E-state index < -0.39 is 0 Å². The maximum Gasteiger partial charge on any atom is 0.306 e. The van der Waals surface area contributed by atoms with Gasteiger partial charge in [0, 0.05) is 17.8 Å². The average Bonchev–Trinajstić information content (AvgIpc) is 3.05. The average molecular weight is 288 g/mol. The van der Waals surface area contributed by atoms with Crippen LogP contribution in [-0.4, -0.2) is 11.8 Å². The lowest BCUT2D eigenvalue weighted by Gasteiger charge is -2.16. The zero-order valence-corrected chi connectivity index (χ0v) is 13.3. The number of Topliss-reactive ketones (excluding diaryl/α,β-unsaturated/α-hetero) is 1. The van der Waals surface area contributed by atoms with Crippen LogP contribution < -0.4 is 0 Å². The van der Waals surface area contributed by atoms with Gasteiger partial charge < -0.3 is 4.74 Å². The molecule has 0 saturated heterocycles. The van der Waals surface area contributed by atoms with Crippen LogP contribution in [0.1, 0.15) is 39.7 Å². The van der Waals surface area contributed by atoms with Crippen molar-refractivity contribution < 1.29 is 14.3 Å². The van der Waals surface area contributed by atoms with Gasteiger partial charge in [0.15, 0.2) is 0 Å². The number of rotatable bonds is 5. The van der Waals surface area contributed by atoms with Gasteiger partial charge in [0.05, 0.1) is 0 Å². The SMILES string of the molecule is C[C@@H]1[C@H](CC(=O)OCc2ccccc2)[C@H]1C(=O)C(C)(C)C. The maximum atomic E-state index is 12.3. The minimum atomic E-state index is -0.332. The van der Waals surface area contributed by atoms with Gasteiger partial charge in [-0.3, -0.25) is 9.59 Å². The molecule has 0 aromatic heterocycles. The van der Waals surface area contributed by atoms with Crippen LogP contribution in [-0.2, 0) is 20.9 Å². The molecule has 1 aliphatic carbocycles. The third kappa shape index (κ3) is 3.93. The van der Waals surface area contributed by atoms with E-state index in [1.54, 1.807) is 0 Å². The van der Waals surface area contributed by atoms with Gasteiger partial charge in [0.2, 0.25) is 0 Å². The first-order chi connectivity index (χ1) is 9.80. The molecular formula is C18H24O3. The van der Waals surface area contributed by atoms with E-state index in [0.29, 0.717) is 18.9 Å². The summed E-state index contributed by atoms with van der Waals surface area (Å²) < 4.78 is 5.29. The fourth-order valence-corrected chi connectivity index (χ4v) is 2.78. The van der Waals surface area contributed by atoms with Gasteiger partial charge in [-0.05, 0) is 17.4 Å². The predicted octanol–water partition coefficient (Wildman–Crippen LogP) is 3.62. The molecule has 0 unspecified atom stereocenters. The van der Waals surface area contributed by atoms with Crippen LogP contribution in [0.2, 0.25) is 0 Å². The zero-order valence-electron chi connectivity index (χ0n) is 13.3. The molecular weight excluding hydrogens is 264 g/mol. The summed E-state index contributed by atoms with van der Waals surface area (Å²) in [4.78, 5) is 24.2. The van der Waals surface area contributed by atoms with Crippen molar-refractivity contribution >= 4 is 11.8 Å². The van der Waals surface area contributed by atoms with E-state index in [1.807, 2.05) is 58.0 Å². The van der Waals surface area contributed by atoms with Gasteiger partial charge in [-0.2, -0.15) is 0 Å². The molecule has 0 N–H and O–H groups in total. The van der Waals surface area contributed by atoms with E-state index in [0.717, 1.165) is 5.56 Å². The van der Waals surface area contributed by atoms with Crippen molar-refractivity contribution in [2.75, 3.05) is 0 Å². The first-order valence-corrected chi connectivity index (χ1v) is 7.54. The highest BCUT2D eigenvalue weighted by Crippen LogP contribution is 2.51. The third-order valence-corrected chi connectivity index (χ3v) is 4.25. The summed E-state index contributed by atoms with van der Waals surface area (Å²) in [5, 5.41) is 0. The molecule has 3 nitrogen and oxygen atoms in total. The van der Waals surface area contributed by atoms with Crippen LogP contribution in [0.25, 0.3) is 0 Å². The Kier molecular flexibility index (Phi) is 4.50. The van der Waals surface area contributed by atoms with Gasteiger partial charge in [-0.1, -0.05) is 58.0 Å². The molecule has 0 bridgehead atoms. The Morgan fingerprint density at radius 3 is 2.33 bits per heavy atom. The summed E-state index contributed by atoms with van der Waals surface area (Å²) >= 11 is 0. The van der Waals surface area contributed by atoms with Gasteiger partial charge >= 0.3 is 5.97 Å². The predicted molar refractivity (Wildman–Crippen MR) is 81.5 cm³/mol. The summed E-state index contributed by atoms with van der Waals surface area (Å²) in [5.41, 5.74) is 0.652. The van der Waals surface area contributed by atoms with Crippen LogP contribution in [0.4, 0.5) is 0 Å². The number of ether oxygens (including phenoxy) is 1. The quantitative estimate of drug-likeness (QED) is 0.777. The molecule has 1 aromatic rings. The Labute approximate surface area is 126 Å². The molecule has 0 spiro atoms. The summed E-state index contributed by atoms with van der Waals surface area (Å²) in [5.74, 6) is 0.519. The minimum Gasteiger partial charge on any atom is -0.461 e. The lowest BCUT2D eigenvalue weighted by atomic mass is 9.87. The van der Waals surface area contributed by atoms with Crippen LogP contribution in [0.5, 0.6) is 0 Å². The third-order valence-electron chi connectivity index (χ3n) is 4.25. The van der Waals surface area contributed by atoms with E-state index in [1.165, 1.54) is 0 Å². The lowest BCUT2D eigenvalue weighted by Crippen LogP contribution is -2.23. The van der Waals surface area contributed by atoms with E-state index in [4.69, 9.17) is 4.74 Å². The van der Waals surface area contributed by atoms with E-state index in [-0.39, 0.29) is 29.0 Å². The summed E-state index contributed by atoms with van der Waals surface area (Å²) in [6.07, 6.45) is 0.348. The van der Waals surface area contributed by atoms with Gasteiger partial charge in [0.1, 0.15) is 12.4 Å². The molecule has 1 aromatic carbocycles. The van der Waals surface area contributed by atoms with E-state index in [2.05, 4.69) is 0 Å². The maximum absolute atomic E-state index is 12.3. The number of hydrogen-bond acceptors (Lipinski definition) is 3. The van der Waals surface area contributed by atoms with Crippen molar-refractivity contribution in [1.29, 1.82) is 0 Å². The molecule has 0 amide bonds. The summed E-state index contributed by atoms with van der Waals surface area (Å²) in [6.45, 7) is 8.16. The molecule has 21 heavy (non-hydrogen) atoms. The second kappa shape index (κ2) is 6.00. The Hall–Kier alpha value is -1.64. The molecule has 0 radical (unpaired) electrons. The van der Waals surface area contributed by atoms with Gasteiger partial charge in [-0.15, -0.1) is 0 Å². The highest BCUT2D eigenvalue weighted by Gasteiger charge is 2.54. The van der Waals surface area contributed by atoms with Gasteiger partial charge in [0.25, 0.3) is 0 Å². The summed E-state index contributed by atoms with van der Waals surface area (Å²) in [7, 11) is 0. The van der Waals surface area contributed by atoms with Crippen LogP contribution in [0.15, 0.2) is 30.3 Å². The molecule has 1 fully saturated rings. The van der Waals surface area contributed by atoms with Crippen molar-refractivity contribution in [3.05, 3.63) is 35.9 Å². The number of carbonyl (C=O) groups excluding carboxylic acids is 2. The standard InChI is InChI=1S/C18H24O3/c1-12-14(16(12)17(20)18(2,3)4)10-15(19)21-11-13-8-6-5-7-9-13/h5-9,12,14,16H,10-11H2,1-4H3/t12-,14+,16+/m1/s1. The second-order valence-electron chi connectivity index (χ2n) is 7.01. The number of esters is 1. The molecule has 0 aliphatic heterocycles. The molecule has 0 heterocycles. The second-order valence-corrected chi connectivity index (χ2v) is 7.01. The monoisotopic (exact) mass is 288 g/mol. The van der Waals surface area contributed by atoms with Crippen molar-refractivity contribution in [3.63, 3.8) is 0 Å². The summed E-state index contributed by atoms with van der Waals surface area (Å²) in [6, 6.07) is 9.63. The first-order valence-electron chi connectivity index (χ1n) is 7.54. The fraction of sp³-hybridized carbons (Fsp3) is 0.556. The molecule has 1 aliphatic rings. The first kappa shape index (κ1) is 15.7. The van der Waals surface area contributed by atoms with Crippen molar-refractivity contribution in [2.24, 2.45) is 23.2 Å². The highest BCUT2D eigenvalue weighted by molar-refractivity contribution is 5.89. The Bertz CT molecular complexity index is 513. The molecule has 2 rings (SSSR count). The molecule has 114 valence electrons.